The fourth-order valence-corrected chi connectivity index (χ4v) is 4.04. The summed E-state index contributed by atoms with van der Waals surface area (Å²) in [5, 5.41) is 4.78. The first-order valence-corrected chi connectivity index (χ1v) is 10.2. The number of hydrogen-bond donors (Lipinski definition) is 2. The molecule has 3 rings (SSSR count). The van der Waals surface area contributed by atoms with Gasteiger partial charge in [0.2, 0.25) is 10.0 Å². The third-order valence-corrected chi connectivity index (χ3v) is 5.81. The summed E-state index contributed by atoms with van der Waals surface area (Å²) in [5.41, 5.74) is 2.42. The van der Waals surface area contributed by atoms with Crippen molar-refractivity contribution in [2.45, 2.75) is 11.8 Å². The fourth-order valence-electron chi connectivity index (χ4n) is 2.76. The van der Waals surface area contributed by atoms with E-state index in [0.29, 0.717) is 17.3 Å². The Morgan fingerprint density at radius 3 is 2.67 bits per heavy atom. The number of aromatic nitrogens is 1. The minimum Gasteiger partial charge on any atom is -0.496 e. The quantitative estimate of drug-likeness (QED) is 0.587. The average molecular weight is 406 g/mol. The monoisotopic (exact) mass is 405 g/mol. The molecule has 2 N–H and O–H groups in total. The number of sulfonamides is 1. The van der Waals surface area contributed by atoms with Gasteiger partial charge in [-0.3, -0.25) is 4.98 Å². The van der Waals surface area contributed by atoms with Gasteiger partial charge in [0.1, 0.15) is 5.75 Å². The summed E-state index contributed by atoms with van der Waals surface area (Å²) in [6.07, 6.45) is 1.69. The largest absolute Gasteiger partial charge is 0.496 e. The lowest BCUT2D eigenvalue weighted by atomic mass is 10.2. The summed E-state index contributed by atoms with van der Waals surface area (Å²) in [6.45, 7) is 2.47. The summed E-state index contributed by atoms with van der Waals surface area (Å²) < 4.78 is 32.6. The first-order valence-electron chi connectivity index (χ1n) is 8.33. The molecular formula is C19H20ClN3O3S. The second-order valence-electron chi connectivity index (χ2n) is 5.98. The summed E-state index contributed by atoms with van der Waals surface area (Å²) >= 11 is 5.99. The molecule has 6 nitrogen and oxygen atoms in total. The Hall–Kier alpha value is -2.35. The van der Waals surface area contributed by atoms with Gasteiger partial charge in [0, 0.05) is 35.4 Å². The minimum atomic E-state index is -3.59. The molecule has 0 unspecified atom stereocenters. The second kappa shape index (κ2) is 8.12. The van der Waals surface area contributed by atoms with Crippen LogP contribution in [0.1, 0.15) is 5.56 Å². The number of benzene rings is 2. The van der Waals surface area contributed by atoms with Crippen LogP contribution in [0.5, 0.6) is 5.75 Å². The molecule has 1 aromatic heterocycles. The van der Waals surface area contributed by atoms with Crippen LogP contribution < -0.4 is 14.8 Å². The molecule has 0 saturated carbocycles. The number of anilines is 1. The van der Waals surface area contributed by atoms with Gasteiger partial charge in [0.25, 0.3) is 0 Å². The average Bonchev–Trinajstić information content (AvgIpc) is 2.65. The van der Waals surface area contributed by atoms with Crippen molar-refractivity contribution in [3.63, 3.8) is 0 Å². The third-order valence-electron chi connectivity index (χ3n) is 4.11. The van der Waals surface area contributed by atoms with Gasteiger partial charge in [-0.2, -0.15) is 0 Å². The van der Waals surface area contributed by atoms with E-state index >= 15 is 0 Å². The number of hydrogen-bond acceptors (Lipinski definition) is 5. The smallest absolute Gasteiger partial charge is 0.240 e. The third kappa shape index (κ3) is 4.50. The zero-order valence-electron chi connectivity index (χ0n) is 15.0. The van der Waals surface area contributed by atoms with Crippen LogP contribution in [-0.2, 0) is 10.0 Å². The van der Waals surface area contributed by atoms with Crippen LogP contribution in [0.25, 0.3) is 10.9 Å². The Morgan fingerprint density at radius 2 is 1.93 bits per heavy atom. The van der Waals surface area contributed by atoms with Gasteiger partial charge in [0.15, 0.2) is 0 Å². The standard InChI is InChI=1S/C19H20ClN3O3S/c1-13-11-15(4-6-19(13)26-2)27(24,25)23-10-9-22-17-7-8-21-18-12-14(20)3-5-16(17)18/h3-8,11-12,23H,9-10H2,1-2H3,(H,21,22). The molecule has 3 aromatic rings. The van der Waals surface area contributed by atoms with Crippen molar-refractivity contribution >= 4 is 38.2 Å². The number of fused-ring (bicyclic) bond motifs is 1. The van der Waals surface area contributed by atoms with Crippen LogP contribution in [0.2, 0.25) is 5.02 Å². The molecule has 27 heavy (non-hydrogen) atoms. The van der Waals surface area contributed by atoms with Crippen LogP contribution in [0.3, 0.4) is 0 Å². The molecule has 0 aliphatic heterocycles. The Bertz CT molecular complexity index is 1070. The van der Waals surface area contributed by atoms with Crippen molar-refractivity contribution in [3.8, 4) is 5.75 Å². The van der Waals surface area contributed by atoms with Gasteiger partial charge in [0.05, 0.1) is 17.5 Å². The van der Waals surface area contributed by atoms with Crippen LogP contribution in [0, 0.1) is 6.92 Å². The maximum atomic E-state index is 12.4. The molecule has 0 bridgehead atoms. The van der Waals surface area contributed by atoms with Gasteiger partial charge in [-0.05, 0) is 55.0 Å². The minimum absolute atomic E-state index is 0.213. The normalized spacial score (nSPS) is 11.5. The number of pyridine rings is 1. The SMILES string of the molecule is COc1ccc(S(=O)(=O)NCCNc2ccnc3cc(Cl)ccc23)cc1C. The Balaban J connectivity index is 1.64. The highest BCUT2D eigenvalue weighted by atomic mass is 35.5. The molecule has 1 heterocycles. The van der Waals surface area contributed by atoms with E-state index in [1.54, 1.807) is 44.5 Å². The second-order valence-corrected chi connectivity index (χ2v) is 8.18. The molecule has 0 fully saturated rings. The molecule has 0 amide bonds. The first kappa shape index (κ1) is 19.4. The number of aryl methyl sites for hydroxylation is 1. The summed E-state index contributed by atoms with van der Waals surface area (Å²) in [4.78, 5) is 4.50. The topological polar surface area (TPSA) is 80.3 Å². The number of ether oxygens (including phenoxy) is 1. The van der Waals surface area contributed by atoms with Crippen LogP contribution >= 0.6 is 11.6 Å². The van der Waals surface area contributed by atoms with Crippen LogP contribution in [0.15, 0.2) is 53.6 Å². The fraction of sp³-hybridized carbons (Fsp3) is 0.211. The van der Waals surface area contributed by atoms with Crippen LogP contribution in [-0.4, -0.2) is 33.6 Å². The molecule has 0 saturated heterocycles. The molecule has 0 radical (unpaired) electrons. The predicted octanol–water partition coefficient (Wildman–Crippen LogP) is 3.60. The summed E-state index contributed by atoms with van der Waals surface area (Å²) in [5.74, 6) is 0.653. The molecule has 142 valence electrons. The maximum Gasteiger partial charge on any atom is 0.240 e. The Kier molecular flexibility index (Phi) is 5.84. The summed E-state index contributed by atoms with van der Waals surface area (Å²) in [6, 6.07) is 12.1. The van der Waals surface area contributed by atoms with Crippen molar-refractivity contribution in [2.24, 2.45) is 0 Å². The van der Waals surface area contributed by atoms with E-state index in [2.05, 4.69) is 15.0 Å². The number of halogens is 1. The zero-order valence-corrected chi connectivity index (χ0v) is 16.6. The van der Waals surface area contributed by atoms with Gasteiger partial charge < -0.3 is 10.1 Å². The summed E-state index contributed by atoms with van der Waals surface area (Å²) in [7, 11) is -2.03. The highest BCUT2D eigenvalue weighted by Crippen LogP contribution is 2.24. The highest BCUT2D eigenvalue weighted by molar-refractivity contribution is 7.89. The molecule has 2 aromatic carbocycles. The highest BCUT2D eigenvalue weighted by Gasteiger charge is 2.14. The Labute approximate surface area is 163 Å². The van der Waals surface area contributed by atoms with E-state index in [0.717, 1.165) is 22.2 Å². The predicted molar refractivity (Wildman–Crippen MR) is 108 cm³/mol. The van der Waals surface area contributed by atoms with E-state index in [4.69, 9.17) is 16.3 Å². The van der Waals surface area contributed by atoms with Crippen molar-refractivity contribution in [1.82, 2.24) is 9.71 Å². The van der Waals surface area contributed by atoms with Gasteiger partial charge >= 0.3 is 0 Å². The lowest BCUT2D eigenvalue weighted by molar-refractivity contribution is 0.411. The number of rotatable bonds is 7. The molecule has 8 heteroatoms. The molecular weight excluding hydrogens is 386 g/mol. The van der Waals surface area contributed by atoms with E-state index in [-0.39, 0.29) is 11.4 Å². The van der Waals surface area contributed by atoms with E-state index in [1.807, 2.05) is 12.1 Å². The van der Waals surface area contributed by atoms with E-state index in [9.17, 15) is 8.42 Å². The van der Waals surface area contributed by atoms with Gasteiger partial charge in [-0.25, -0.2) is 13.1 Å². The lowest BCUT2D eigenvalue weighted by Gasteiger charge is -2.12. The van der Waals surface area contributed by atoms with Gasteiger partial charge in [-0.1, -0.05) is 11.6 Å². The Morgan fingerprint density at radius 1 is 1.11 bits per heavy atom. The number of methoxy groups -OCH3 is 1. The van der Waals surface area contributed by atoms with Gasteiger partial charge in [-0.15, -0.1) is 0 Å². The molecule has 0 atom stereocenters. The molecule has 0 aliphatic rings. The zero-order chi connectivity index (χ0) is 19.4. The van der Waals surface area contributed by atoms with Crippen LogP contribution in [0.4, 0.5) is 5.69 Å². The number of nitrogens with one attached hydrogen (secondary N) is 2. The van der Waals surface area contributed by atoms with Crippen molar-refractivity contribution < 1.29 is 13.2 Å². The first-order chi connectivity index (χ1) is 12.9. The van der Waals surface area contributed by atoms with Crippen molar-refractivity contribution in [3.05, 3.63) is 59.2 Å². The van der Waals surface area contributed by atoms with Crippen molar-refractivity contribution in [1.29, 1.82) is 0 Å². The molecule has 0 aliphatic carbocycles. The number of nitrogens with zero attached hydrogens (tertiary/aromatic N) is 1. The van der Waals surface area contributed by atoms with Crippen molar-refractivity contribution in [2.75, 3.05) is 25.5 Å². The maximum absolute atomic E-state index is 12.4. The molecule has 0 spiro atoms. The van der Waals surface area contributed by atoms with E-state index < -0.39 is 10.0 Å². The lowest BCUT2D eigenvalue weighted by Crippen LogP contribution is -2.29. The van der Waals surface area contributed by atoms with E-state index in [1.165, 1.54) is 6.07 Å².